The second kappa shape index (κ2) is 7.26. The lowest BCUT2D eigenvalue weighted by Gasteiger charge is -2.32. The Hall–Kier alpha value is -4.08. The van der Waals surface area contributed by atoms with Gasteiger partial charge in [-0.15, -0.1) is 5.10 Å². The number of aromatic amines is 1. The molecule has 0 saturated carbocycles. The van der Waals surface area contributed by atoms with Crippen molar-refractivity contribution in [1.29, 1.82) is 0 Å². The molecule has 0 radical (unpaired) electrons. The van der Waals surface area contributed by atoms with Gasteiger partial charge in [-0.3, -0.25) is 0 Å². The minimum Gasteiger partial charge on any atom is -0.402 e. The number of fused-ring (bicyclic) bond motifs is 2. The average molecular weight is 427 g/mol. The zero-order valence-corrected chi connectivity index (χ0v) is 17.7. The minimum absolute atomic E-state index is 0.247. The molecule has 0 bridgehead atoms. The van der Waals surface area contributed by atoms with Crippen molar-refractivity contribution in [3.63, 3.8) is 0 Å². The van der Waals surface area contributed by atoms with E-state index in [-0.39, 0.29) is 6.04 Å². The molecule has 0 fully saturated rings. The fourth-order valence-corrected chi connectivity index (χ4v) is 4.31. The fourth-order valence-electron chi connectivity index (χ4n) is 4.31. The van der Waals surface area contributed by atoms with Gasteiger partial charge in [0.2, 0.25) is 0 Å². The van der Waals surface area contributed by atoms with Gasteiger partial charge in [-0.05, 0) is 29.7 Å². The highest BCUT2D eigenvalue weighted by Crippen LogP contribution is 2.37. The molecule has 1 aliphatic rings. The van der Waals surface area contributed by atoms with Crippen LogP contribution in [0.3, 0.4) is 0 Å². The van der Waals surface area contributed by atoms with Crippen molar-refractivity contribution >= 4 is 11.5 Å². The summed E-state index contributed by atoms with van der Waals surface area (Å²) in [7, 11) is 0. The van der Waals surface area contributed by atoms with Gasteiger partial charge in [0.05, 0.1) is 23.2 Å². The normalized spacial score (nSPS) is 16.1. The van der Waals surface area contributed by atoms with Crippen LogP contribution < -0.4 is 4.90 Å². The summed E-state index contributed by atoms with van der Waals surface area (Å²) in [5.41, 5.74) is 5.83. The topological polar surface area (TPSA) is 114 Å². The Bertz CT molecular complexity index is 1380. The van der Waals surface area contributed by atoms with Gasteiger partial charge in [0.15, 0.2) is 0 Å². The van der Waals surface area contributed by atoms with Gasteiger partial charge >= 0.3 is 6.01 Å². The molecule has 0 saturated heterocycles. The first-order chi connectivity index (χ1) is 15.7. The van der Waals surface area contributed by atoms with Crippen molar-refractivity contribution in [2.75, 3.05) is 11.4 Å². The van der Waals surface area contributed by atoms with Crippen LogP contribution in [0.25, 0.3) is 17.1 Å². The maximum absolute atomic E-state index is 6.03. The minimum atomic E-state index is -0.247. The van der Waals surface area contributed by atoms with Crippen molar-refractivity contribution in [2.45, 2.75) is 32.2 Å². The van der Waals surface area contributed by atoms with Crippen LogP contribution in [-0.2, 0) is 6.42 Å². The number of H-pyrrole nitrogens is 1. The number of nitrogens with zero attached hydrogens (tertiary/aromatic N) is 8. The van der Waals surface area contributed by atoms with E-state index in [2.05, 4.69) is 61.0 Å². The zero-order chi connectivity index (χ0) is 21.7. The molecular formula is C22H21N9O. The summed E-state index contributed by atoms with van der Waals surface area (Å²) in [5.74, 6) is 0.740. The summed E-state index contributed by atoms with van der Waals surface area (Å²) >= 11 is 0. The van der Waals surface area contributed by atoms with Crippen molar-refractivity contribution in [3.8, 4) is 11.6 Å². The molecule has 0 unspecified atom stereocenters. The third-order valence-electron chi connectivity index (χ3n) is 5.84. The van der Waals surface area contributed by atoms with Crippen molar-refractivity contribution in [3.05, 3.63) is 72.0 Å². The van der Waals surface area contributed by atoms with E-state index in [1.54, 1.807) is 18.6 Å². The molecule has 160 valence electrons. The number of imidazole rings is 1. The van der Waals surface area contributed by atoms with E-state index in [0.717, 1.165) is 29.0 Å². The van der Waals surface area contributed by atoms with E-state index in [0.29, 0.717) is 30.1 Å². The SMILES string of the molecule is CC(C)c1cccn2nc([C@H]3c4nc[nH]c4CCN3c3nnc(-c4ccncn4)o3)cc12. The van der Waals surface area contributed by atoms with Crippen LogP contribution in [0, 0.1) is 0 Å². The Labute approximate surface area is 183 Å². The number of hydrogen-bond donors (Lipinski definition) is 1. The number of anilines is 1. The zero-order valence-electron chi connectivity index (χ0n) is 17.7. The molecule has 0 amide bonds. The van der Waals surface area contributed by atoms with Crippen LogP contribution in [0.5, 0.6) is 0 Å². The lowest BCUT2D eigenvalue weighted by atomic mass is 9.99. The van der Waals surface area contributed by atoms with E-state index in [4.69, 9.17) is 9.52 Å². The fraction of sp³-hybridized carbons (Fsp3) is 0.273. The van der Waals surface area contributed by atoms with Crippen LogP contribution in [0.1, 0.15) is 48.5 Å². The first-order valence-electron chi connectivity index (χ1n) is 10.6. The molecule has 6 rings (SSSR count). The predicted octanol–water partition coefficient (Wildman–Crippen LogP) is 3.17. The second-order valence-corrected chi connectivity index (χ2v) is 8.11. The first kappa shape index (κ1) is 18.7. The maximum Gasteiger partial charge on any atom is 0.319 e. The van der Waals surface area contributed by atoms with Gasteiger partial charge in [0.1, 0.15) is 18.1 Å². The van der Waals surface area contributed by atoms with Gasteiger partial charge in [-0.2, -0.15) is 5.10 Å². The second-order valence-electron chi connectivity index (χ2n) is 8.11. The van der Waals surface area contributed by atoms with E-state index in [9.17, 15) is 0 Å². The first-order valence-corrected chi connectivity index (χ1v) is 10.6. The third-order valence-corrected chi connectivity index (χ3v) is 5.84. The summed E-state index contributed by atoms with van der Waals surface area (Å²) in [4.78, 5) is 18.1. The lowest BCUT2D eigenvalue weighted by molar-refractivity contribution is 0.502. The molecule has 5 aromatic rings. The van der Waals surface area contributed by atoms with Gasteiger partial charge in [-0.1, -0.05) is 25.0 Å². The van der Waals surface area contributed by atoms with Crippen LogP contribution in [0.4, 0.5) is 6.01 Å². The predicted molar refractivity (Wildman–Crippen MR) is 116 cm³/mol. The molecule has 32 heavy (non-hydrogen) atoms. The average Bonchev–Trinajstić information content (AvgIpc) is 3.57. The molecule has 1 aliphatic heterocycles. The number of rotatable bonds is 4. The maximum atomic E-state index is 6.03. The van der Waals surface area contributed by atoms with Gasteiger partial charge in [-0.25, -0.2) is 19.5 Å². The Morgan fingerprint density at radius 1 is 1.19 bits per heavy atom. The largest absolute Gasteiger partial charge is 0.402 e. The Morgan fingerprint density at radius 3 is 2.97 bits per heavy atom. The number of hydrogen-bond acceptors (Lipinski definition) is 8. The highest BCUT2D eigenvalue weighted by Gasteiger charge is 2.36. The van der Waals surface area contributed by atoms with Crippen LogP contribution in [0.2, 0.25) is 0 Å². The Morgan fingerprint density at radius 2 is 2.12 bits per heavy atom. The molecular weight excluding hydrogens is 406 g/mol. The summed E-state index contributed by atoms with van der Waals surface area (Å²) in [6.07, 6.45) is 7.61. The molecule has 6 heterocycles. The standard InChI is InChI=1S/C22H21N9O/c1-13(2)14-4-3-8-31-18(14)10-17(29-31)20-19-15(25-12-26-19)6-9-30(20)22-28-27-21(32-22)16-5-7-23-11-24-16/h3-5,7-8,10-13,20H,6,9H2,1-2H3,(H,25,26)/t20-/m0/s1. The summed E-state index contributed by atoms with van der Waals surface area (Å²) in [5, 5.41) is 13.4. The number of aromatic nitrogens is 8. The summed E-state index contributed by atoms with van der Waals surface area (Å²) in [6.45, 7) is 5.07. The van der Waals surface area contributed by atoms with Crippen molar-refractivity contribution < 1.29 is 4.42 Å². The van der Waals surface area contributed by atoms with Gasteiger partial charge < -0.3 is 14.3 Å². The molecule has 10 nitrogen and oxygen atoms in total. The van der Waals surface area contributed by atoms with Crippen LogP contribution >= 0.6 is 0 Å². The molecule has 1 atom stereocenters. The van der Waals surface area contributed by atoms with Crippen LogP contribution in [-0.4, -0.2) is 46.3 Å². The summed E-state index contributed by atoms with van der Waals surface area (Å²) < 4.78 is 7.96. The molecule has 0 spiro atoms. The van der Waals surface area contributed by atoms with Gasteiger partial charge in [0.25, 0.3) is 5.89 Å². The highest BCUT2D eigenvalue weighted by atomic mass is 16.4. The molecule has 0 aromatic carbocycles. The Kier molecular flexibility index (Phi) is 4.23. The van der Waals surface area contributed by atoms with Gasteiger partial charge in [0, 0.05) is 31.1 Å². The molecule has 10 heteroatoms. The van der Waals surface area contributed by atoms with Crippen molar-refractivity contribution in [2.24, 2.45) is 0 Å². The van der Waals surface area contributed by atoms with E-state index in [1.807, 2.05) is 16.8 Å². The van der Waals surface area contributed by atoms with E-state index < -0.39 is 0 Å². The van der Waals surface area contributed by atoms with Crippen LogP contribution in [0.15, 0.2) is 53.7 Å². The molecule has 1 N–H and O–H groups in total. The Balaban J connectivity index is 1.46. The van der Waals surface area contributed by atoms with E-state index in [1.165, 1.54) is 11.9 Å². The van der Waals surface area contributed by atoms with E-state index >= 15 is 0 Å². The smallest absolute Gasteiger partial charge is 0.319 e. The number of pyridine rings is 1. The number of nitrogens with one attached hydrogen (secondary N) is 1. The lowest BCUT2D eigenvalue weighted by Crippen LogP contribution is -2.36. The third kappa shape index (κ3) is 2.95. The summed E-state index contributed by atoms with van der Waals surface area (Å²) in [6, 6.07) is 8.23. The molecule has 5 aromatic heterocycles. The van der Waals surface area contributed by atoms with Crippen molar-refractivity contribution in [1.82, 2.24) is 39.7 Å². The quantitative estimate of drug-likeness (QED) is 0.465. The monoisotopic (exact) mass is 427 g/mol. The molecule has 0 aliphatic carbocycles. The highest BCUT2D eigenvalue weighted by molar-refractivity contribution is 5.59.